The van der Waals surface area contributed by atoms with Gasteiger partial charge in [-0.1, -0.05) is 18.2 Å². The van der Waals surface area contributed by atoms with E-state index in [4.69, 9.17) is 4.74 Å². The van der Waals surface area contributed by atoms with Crippen molar-refractivity contribution in [2.24, 2.45) is 0 Å². The fraction of sp³-hybridized carbons (Fsp3) is 0.333. The van der Waals surface area contributed by atoms with E-state index in [9.17, 15) is 4.79 Å². The molecule has 0 bridgehead atoms. The highest BCUT2D eigenvalue weighted by molar-refractivity contribution is 5.91. The van der Waals surface area contributed by atoms with Crippen LogP contribution in [0.5, 0.6) is 5.75 Å². The molecule has 1 aliphatic rings. The Kier molecular flexibility index (Phi) is 6.39. The Balaban J connectivity index is 1.66. The lowest BCUT2D eigenvalue weighted by molar-refractivity contribution is -0.116. The first-order valence-corrected chi connectivity index (χ1v) is 9.00. The zero-order valence-electron chi connectivity index (χ0n) is 15.1. The predicted molar refractivity (Wildman–Crippen MR) is 103 cm³/mol. The second kappa shape index (κ2) is 9.15. The summed E-state index contributed by atoms with van der Waals surface area (Å²) in [5.74, 6) is 0.746. The van der Waals surface area contributed by atoms with Crippen LogP contribution in [0.15, 0.2) is 54.9 Å². The zero-order chi connectivity index (χ0) is 18.2. The van der Waals surface area contributed by atoms with E-state index in [1.54, 1.807) is 31.7 Å². The highest BCUT2D eigenvalue weighted by atomic mass is 16.5. The fourth-order valence-corrected chi connectivity index (χ4v) is 3.26. The molecule has 0 spiro atoms. The average Bonchev–Trinajstić information content (AvgIpc) is 3.22. The first-order chi connectivity index (χ1) is 12.8. The third kappa shape index (κ3) is 4.92. The summed E-state index contributed by atoms with van der Waals surface area (Å²) in [6.07, 6.45) is 9.19. The number of aromatic nitrogens is 1. The Morgan fingerprint density at radius 2 is 2.15 bits per heavy atom. The number of carbonyl (C=O) groups is 1. The van der Waals surface area contributed by atoms with Crippen LogP contribution in [0.1, 0.15) is 30.0 Å². The number of amides is 1. The summed E-state index contributed by atoms with van der Waals surface area (Å²) in [7, 11) is 1.68. The van der Waals surface area contributed by atoms with Gasteiger partial charge in [-0.2, -0.15) is 0 Å². The number of ether oxygens (including phenoxy) is 1. The minimum atomic E-state index is -0.0963. The molecule has 26 heavy (non-hydrogen) atoms. The lowest BCUT2D eigenvalue weighted by atomic mass is 10.0. The van der Waals surface area contributed by atoms with Crippen LogP contribution < -0.4 is 10.1 Å². The maximum Gasteiger partial charge on any atom is 0.244 e. The molecule has 1 saturated heterocycles. The van der Waals surface area contributed by atoms with Crippen LogP contribution in [0.4, 0.5) is 0 Å². The molecule has 1 atom stereocenters. The van der Waals surface area contributed by atoms with E-state index in [0.29, 0.717) is 6.54 Å². The summed E-state index contributed by atoms with van der Waals surface area (Å²) in [5, 5.41) is 3.04. The lowest BCUT2D eigenvalue weighted by Gasteiger charge is -2.28. The highest BCUT2D eigenvalue weighted by Gasteiger charge is 2.24. The van der Waals surface area contributed by atoms with Crippen molar-refractivity contribution < 1.29 is 9.53 Å². The molecule has 1 aromatic carbocycles. The number of hydrogen-bond donors (Lipinski definition) is 1. The smallest absolute Gasteiger partial charge is 0.244 e. The minimum Gasteiger partial charge on any atom is -0.497 e. The van der Waals surface area contributed by atoms with Gasteiger partial charge in [0.2, 0.25) is 5.91 Å². The molecule has 0 saturated carbocycles. The van der Waals surface area contributed by atoms with Gasteiger partial charge in [0.25, 0.3) is 0 Å². The standard InChI is InChI=1S/C21H25N3O2/c1-26-19-8-4-7-18(14-19)20(24-12-2-3-13-24)16-23-21(25)10-9-17-6-5-11-22-15-17/h4-11,14-15,20H,2-3,12-13,16H2,1H3,(H,23,25)/b10-9+. The van der Waals surface area contributed by atoms with Gasteiger partial charge in [-0.05, 0) is 61.3 Å². The highest BCUT2D eigenvalue weighted by Crippen LogP contribution is 2.27. The normalized spacial score (nSPS) is 15.9. The summed E-state index contributed by atoms with van der Waals surface area (Å²) < 4.78 is 5.36. The molecule has 1 fully saturated rings. The topological polar surface area (TPSA) is 54.5 Å². The van der Waals surface area contributed by atoms with E-state index in [1.165, 1.54) is 18.4 Å². The molecule has 1 amide bonds. The molecule has 5 heteroatoms. The monoisotopic (exact) mass is 351 g/mol. The van der Waals surface area contributed by atoms with Gasteiger partial charge in [0, 0.05) is 25.0 Å². The van der Waals surface area contributed by atoms with Crippen LogP contribution in [-0.4, -0.2) is 42.5 Å². The van der Waals surface area contributed by atoms with Gasteiger partial charge < -0.3 is 10.1 Å². The summed E-state index contributed by atoms with van der Waals surface area (Å²) >= 11 is 0. The summed E-state index contributed by atoms with van der Waals surface area (Å²) in [5.41, 5.74) is 2.08. The average molecular weight is 351 g/mol. The largest absolute Gasteiger partial charge is 0.497 e. The SMILES string of the molecule is COc1cccc(C(CNC(=O)/C=C/c2cccnc2)N2CCCC2)c1. The Hall–Kier alpha value is -2.66. The maximum absolute atomic E-state index is 12.2. The van der Waals surface area contributed by atoms with Gasteiger partial charge in [-0.3, -0.25) is 14.7 Å². The van der Waals surface area contributed by atoms with Crippen molar-refractivity contribution in [3.05, 3.63) is 66.0 Å². The van der Waals surface area contributed by atoms with E-state index in [0.717, 1.165) is 24.4 Å². The first-order valence-electron chi connectivity index (χ1n) is 9.00. The molecule has 5 nitrogen and oxygen atoms in total. The minimum absolute atomic E-state index is 0.0963. The van der Waals surface area contributed by atoms with Crippen LogP contribution in [-0.2, 0) is 4.79 Å². The molecule has 2 heterocycles. The van der Waals surface area contributed by atoms with Crippen LogP contribution in [0.25, 0.3) is 6.08 Å². The van der Waals surface area contributed by atoms with Crippen LogP contribution >= 0.6 is 0 Å². The Morgan fingerprint density at radius 1 is 1.31 bits per heavy atom. The van der Waals surface area contributed by atoms with Crippen molar-refractivity contribution in [2.45, 2.75) is 18.9 Å². The predicted octanol–water partition coefficient (Wildman–Crippen LogP) is 3.06. The third-order valence-electron chi connectivity index (χ3n) is 4.64. The molecule has 1 N–H and O–H groups in total. The second-order valence-corrected chi connectivity index (χ2v) is 6.40. The summed E-state index contributed by atoms with van der Waals surface area (Å²) in [4.78, 5) is 18.7. The van der Waals surface area contributed by atoms with Gasteiger partial charge in [-0.15, -0.1) is 0 Å². The molecule has 1 unspecified atom stereocenters. The number of nitrogens with one attached hydrogen (secondary N) is 1. The molecular formula is C21H25N3O2. The number of likely N-dealkylation sites (tertiary alicyclic amines) is 1. The summed E-state index contributed by atoms with van der Waals surface area (Å²) in [6.45, 7) is 2.69. The van der Waals surface area contributed by atoms with Gasteiger partial charge >= 0.3 is 0 Å². The first kappa shape index (κ1) is 18.1. The van der Waals surface area contributed by atoms with Crippen molar-refractivity contribution in [3.63, 3.8) is 0 Å². The van der Waals surface area contributed by atoms with E-state index in [1.807, 2.05) is 24.3 Å². The van der Waals surface area contributed by atoms with Crippen molar-refractivity contribution in [2.75, 3.05) is 26.7 Å². The molecule has 1 aliphatic heterocycles. The lowest BCUT2D eigenvalue weighted by Crippen LogP contribution is -2.36. The quantitative estimate of drug-likeness (QED) is 0.779. The number of pyridine rings is 1. The van der Waals surface area contributed by atoms with Gasteiger partial charge in [-0.25, -0.2) is 0 Å². The van der Waals surface area contributed by atoms with E-state index in [-0.39, 0.29) is 11.9 Å². The van der Waals surface area contributed by atoms with Crippen LogP contribution in [0.2, 0.25) is 0 Å². The van der Waals surface area contributed by atoms with Crippen LogP contribution in [0, 0.1) is 0 Å². The number of carbonyl (C=O) groups excluding carboxylic acids is 1. The number of methoxy groups -OCH3 is 1. The molecule has 2 aromatic rings. The van der Waals surface area contributed by atoms with E-state index >= 15 is 0 Å². The zero-order valence-corrected chi connectivity index (χ0v) is 15.1. The second-order valence-electron chi connectivity index (χ2n) is 6.40. The van der Waals surface area contributed by atoms with Crippen molar-refractivity contribution >= 4 is 12.0 Å². The molecule has 0 radical (unpaired) electrons. The van der Waals surface area contributed by atoms with Gasteiger partial charge in [0.1, 0.15) is 5.75 Å². The van der Waals surface area contributed by atoms with E-state index < -0.39 is 0 Å². The van der Waals surface area contributed by atoms with Crippen molar-refractivity contribution in [1.29, 1.82) is 0 Å². The van der Waals surface area contributed by atoms with Crippen molar-refractivity contribution in [1.82, 2.24) is 15.2 Å². The number of rotatable bonds is 7. The Morgan fingerprint density at radius 3 is 2.88 bits per heavy atom. The Labute approximate surface area is 154 Å². The Bertz CT molecular complexity index is 740. The van der Waals surface area contributed by atoms with E-state index in [2.05, 4.69) is 27.3 Å². The van der Waals surface area contributed by atoms with Crippen LogP contribution in [0.3, 0.4) is 0 Å². The van der Waals surface area contributed by atoms with Crippen molar-refractivity contribution in [3.8, 4) is 5.75 Å². The number of benzene rings is 1. The fourth-order valence-electron chi connectivity index (χ4n) is 3.26. The number of hydrogen-bond acceptors (Lipinski definition) is 4. The van der Waals surface area contributed by atoms with Gasteiger partial charge in [0.15, 0.2) is 0 Å². The number of nitrogens with zero attached hydrogens (tertiary/aromatic N) is 2. The maximum atomic E-state index is 12.2. The summed E-state index contributed by atoms with van der Waals surface area (Å²) in [6, 6.07) is 12.0. The molecule has 3 rings (SSSR count). The molecule has 136 valence electrons. The molecular weight excluding hydrogens is 326 g/mol. The van der Waals surface area contributed by atoms with Gasteiger partial charge in [0.05, 0.1) is 13.2 Å². The molecule has 1 aromatic heterocycles. The molecule has 0 aliphatic carbocycles. The third-order valence-corrected chi connectivity index (χ3v) is 4.64.